The Balaban J connectivity index is 2.53. The van der Waals surface area contributed by atoms with Crippen molar-refractivity contribution >= 4 is 11.9 Å². The molecule has 7 nitrogen and oxygen atoms in total. The number of hydrogen-bond acceptors (Lipinski definition) is 5. The van der Waals surface area contributed by atoms with Crippen LogP contribution in [0.2, 0.25) is 0 Å². The molecule has 0 aliphatic heterocycles. The minimum absolute atomic E-state index is 0.171. The molecule has 0 aliphatic carbocycles. The predicted molar refractivity (Wildman–Crippen MR) is 74.8 cm³/mol. The van der Waals surface area contributed by atoms with Crippen LogP contribution in [0.4, 0.5) is 0 Å². The van der Waals surface area contributed by atoms with Crippen molar-refractivity contribution in [2.24, 2.45) is 0 Å². The molecule has 0 heterocycles. The van der Waals surface area contributed by atoms with E-state index in [1.165, 1.54) is 4.90 Å². The summed E-state index contributed by atoms with van der Waals surface area (Å²) >= 11 is 0. The highest BCUT2D eigenvalue weighted by atomic mass is 16.5. The van der Waals surface area contributed by atoms with E-state index in [0.717, 1.165) is 0 Å². The number of ether oxygens (including phenoxy) is 2. The third kappa shape index (κ3) is 6.62. The van der Waals surface area contributed by atoms with E-state index in [1.54, 1.807) is 18.2 Å². The summed E-state index contributed by atoms with van der Waals surface area (Å²) < 4.78 is 10.9. The highest BCUT2D eigenvalue weighted by Crippen LogP contribution is 2.26. The lowest BCUT2D eigenvalue weighted by molar-refractivity contribution is -0.141. The zero-order chi connectivity index (χ0) is 15.7. The van der Waals surface area contributed by atoms with Crippen LogP contribution in [0.15, 0.2) is 24.3 Å². The molecule has 0 aliphatic rings. The first kappa shape index (κ1) is 16.8. The molecule has 0 saturated heterocycles. The lowest BCUT2D eigenvalue weighted by Crippen LogP contribution is -2.37. The summed E-state index contributed by atoms with van der Waals surface area (Å²) in [6, 6.07) is 7.12. The average Bonchev–Trinajstić information content (AvgIpc) is 2.39. The summed E-state index contributed by atoms with van der Waals surface area (Å²) in [4.78, 5) is 22.6. The van der Waals surface area contributed by atoms with Gasteiger partial charge < -0.3 is 19.7 Å². The van der Waals surface area contributed by atoms with Crippen LogP contribution in [0.3, 0.4) is 0 Å². The molecule has 21 heavy (non-hydrogen) atoms. The van der Waals surface area contributed by atoms with Gasteiger partial charge in [-0.3, -0.25) is 14.5 Å². The largest absolute Gasteiger partial charge is 0.490 e. The summed E-state index contributed by atoms with van der Waals surface area (Å²) in [5.41, 5.74) is 0. The summed E-state index contributed by atoms with van der Waals surface area (Å²) in [7, 11) is 0. The molecule has 1 aromatic carbocycles. The van der Waals surface area contributed by atoms with Crippen molar-refractivity contribution in [2.45, 2.75) is 6.92 Å². The molecule has 0 spiro atoms. The van der Waals surface area contributed by atoms with Gasteiger partial charge in [0.05, 0.1) is 19.7 Å². The second kappa shape index (κ2) is 8.80. The fourth-order valence-corrected chi connectivity index (χ4v) is 1.73. The molecule has 7 heteroatoms. The van der Waals surface area contributed by atoms with Gasteiger partial charge >= 0.3 is 11.9 Å². The minimum atomic E-state index is -1.08. The highest BCUT2D eigenvalue weighted by Gasteiger charge is 2.13. The third-order valence-corrected chi connectivity index (χ3v) is 2.53. The summed E-state index contributed by atoms with van der Waals surface area (Å²) in [6.45, 7) is 2.04. The molecule has 2 N–H and O–H groups in total. The van der Waals surface area contributed by atoms with Crippen molar-refractivity contribution in [3.05, 3.63) is 24.3 Å². The SMILES string of the molecule is CCOc1ccccc1OCCN(CC(=O)O)CC(=O)O. The number of aliphatic carboxylic acids is 2. The standard InChI is InChI=1S/C14H19NO6/c1-2-20-11-5-3-4-6-12(11)21-8-7-15(9-13(16)17)10-14(18)19/h3-6H,2,7-10H2,1H3,(H,16,17)(H,18,19). The number of para-hydroxylation sites is 2. The molecule has 0 radical (unpaired) electrons. The molecule has 0 amide bonds. The minimum Gasteiger partial charge on any atom is -0.490 e. The molecule has 0 unspecified atom stereocenters. The maximum atomic E-state index is 10.7. The van der Waals surface area contributed by atoms with Crippen LogP contribution >= 0.6 is 0 Å². The number of carbonyl (C=O) groups is 2. The normalized spacial score (nSPS) is 10.4. The van der Waals surface area contributed by atoms with Crippen LogP contribution < -0.4 is 9.47 Å². The number of carboxylic acids is 2. The Hall–Kier alpha value is -2.28. The molecule has 0 fully saturated rings. The Bertz CT molecular complexity index is 460. The quantitative estimate of drug-likeness (QED) is 0.663. The molecule has 0 bridgehead atoms. The monoisotopic (exact) mass is 297 g/mol. The first-order valence-corrected chi connectivity index (χ1v) is 6.53. The van der Waals surface area contributed by atoms with Crippen molar-refractivity contribution in [3.63, 3.8) is 0 Å². The average molecular weight is 297 g/mol. The Morgan fingerprint density at radius 1 is 1.05 bits per heavy atom. The van der Waals surface area contributed by atoms with Crippen molar-refractivity contribution < 1.29 is 29.3 Å². The number of rotatable bonds is 10. The maximum absolute atomic E-state index is 10.7. The summed E-state index contributed by atoms with van der Waals surface area (Å²) in [6.07, 6.45) is 0. The summed E-state index contributed by atoms with van der Waals surface area (Å²) in [5, 5.41) is 17.5. The van der Waals surface area contributed by atoms with Crippen LogP contribution in [0.1, 0.15) is 6.92 Å². The highest BCUT2D eigenvalue weighted by molar-refractivity contribution is 5.72. The Labute approximate surface area is 122 Å². The van der Waals surface area contributed by atoms with Crippen LogP contribution in [0.25, 0.3) is 0 Å². The van der Waals surface area contributed by atoms with Crippen LogP contribution in [0.5, 0.6) is 11.5 Å². The van der Waals surface area contributed by atoms with Gasteiger partial charge in [0.25, 0.3) is 0 Å². The second-order valence-corrected chi connectivity index (χ2v) is 4.23. The lowest BCUT2D eigenvalue weighted by atomic mass is 10.3. The molecule has 1 aromatic rings. The fraction of sp³-hybridized carbons (Fsp3) is 0.429. The lowest BCUT2D eigenvalue weighted by Gasteiger charge is -2.18. The maximum Gasteiger partial charge on any atom is 0.317 e. The van der Waals surface area contributed by atoms with Gasteiger partial charge in [0.15, 0.2) is 11.5 Å². The predicted octanol–water partition coefficient (Wildman–Crippen LogP) is 0.935. The Morgan fingerprint density at radius 2 is 1.57 bits per heavy atom. The smallest absolute Gasteiger partial charge is 0.317 e. The van der Waals surface area contributed by atoms with E-state index in [4.69, 9.17) is 19.7 Å². The van der Waals surface area contributed by atoms with Crippen LogP contribution in [-0.2, 0) is 9.59 Å². The first-order valence-electron chi connectivity index (χ1n) is 6.53. The van der Waals surface area contributed by atoms with E-state index in [1.807, 2.05) is 13.0 Å². The van der Waals surface area contributed by atoms with Crippen molar-refractivity contribution in [1.29, 1.82) is 0 Å². The van der Waals surface area contributed by atoms with Gasteiger partial charge in [-0.15, -0.1) is 0 Å². The number of nitrogens with zero attached hydrogens (tertiary/aromatic N) is 1. The van der Waals surface area contributed by atoms with Gasteiger partial charge in [-0.25, -0.2) is 0 Å². The summed E-state index contributed by atoms with van der Waals surface area (Å²) in [5.74, 6) is -1.01. The third-order valence-electron chi connectivity index (χ3n) is 2.53. The molecule has 0 saturated carbocycles. The van der Waals surface area contributed by atoms with Gasteiger partial charge in [-0.1, -0.05) is 12.1 Å². The van der Waals surface area contributed by atoms with E-state index in [-0.39, 0.29) is 26.2 Å². The van der Waals surface area contributed by atoms with Crippen LogP contribution in [-0.4, -0.2) is 59.9 Å². The van der Waals surface area contributed by atoms with E-state index in [2.05, 4.69) is 0 Å². The molecule has 0 aromatic heterocycles. The van der Waals surface area contributed by atoms with E-state index >= 15 is 0 Å². The van der Waals surface area contributed by atoms with Crippen molar-refractivity contribution in [2.75, 3.05) is 32.8 Å². The number of hydrogen-bond donors (Lipinski definition) is 2. The number of carboxylic acid groups (broad SMARTS) is 2. The van der Waals surface area contributed by atoms with E-state index in [9.17, 15) is 9.59 Å². The van der Waals surface area contributed by atoms with Gasteiger partial charge in [-0.05, 0) is 19.1 Å². The zero-order valence-electron chi connectivity index (χ0n) is 11.8. The van der Waals surface area contributed by atoms with Crippen LogP contribution in [0, 0.1) is 0 Å². The molecule has 116 valence electrons. The first-order chi connectivity index (χ1) is 10.0. The van der Waals surface area contributed by atoms with Gasteiger partial charge in [-0.2, -0.15) is 0 Å². The number of benzene rings is 1. The van der Waals surface area contributed by atoms with E-state index in [0.29, 0.717) is 18.1 Å². The van der Waals surface area contributed by atoms with Crippen molar-refractivity contribution in [3.8, 4) is 11.5 Å². The molecule has 1 rings (SSSR count). The molecular formula is C14H19NO6. The second-order valence-electron chi connectivity index (χ2n) is 4.23. The van der Waals surface area contributed by atoms with Crippen molar-refractivity contribution in [1.82, 2.24) is 4.90 Å². The fourth-order valence-electron chi connectivity index (χ4n) is 1.73. The Morgan fingerprint density at radius 3 is 2.05 bits per heavy atom. The topological polar surface area (TPSA) is 96.3 Å². The Kier molecular flexibility index (Phi) is 7.03. The van der Waals surface area contributed by atoms with Gasteiger partial charge in [0.2, 0.25) is 0 Å². The molecular weight excluding hydrogens is 278 g/mol. The van der Waals surface area contributed by atoms with Gasteiger partial charge in [0, 0.05) is 6.54 Å². The molecule has 0 atom stereocenters. The zero-order valence-corrected chi connectivity index (χ0v) is 11.8. The van der Waals surface area contributed by atoms with E-state index < -0.39 is 11.9 Å². The van der Waals surface area contributed by atoms with Gasteiger partial charge in [0.1, 0.15) is 6.61 Å².